The van der Waals surface area contributed by atoms with E-state index in [4.69, 9.17) is 23.2 Å². The fourth-order valence-electron chi connectivity index (χ4n) is 2.21. The van der Waals surface area contributed by atoms with Crippen LogP contribution >= 0.6 is 23.2 Å². The molecule has 1 aliphatic heterocycles. The molecule has 1 fully saturated rings. The fraction of sp³-hybridized carbons (Fsp3) is 0.429. The first kappa shape index (κ1) is 15.1. The number of hydrogen-bond acceptors (Lipinski definition) is 3. The molecule has 2 rings (SSSR count). The maximum atomic E-state index is 12.3. The van der Waals surface area contributed by atoms with Gasteiger partial charge in [-0.3, -0.25) is 14.5 Å². The predicted molar refractivity (Wildman–Crippen MR) is 80.1 cm³/mol. The van der Waals surface area contributed by atoms with Gasteiger partial charge in [0.1, 0.15) is 6.04 Å². The Bertz CT molecular complexity index is 548. The van der Waals surface area contributed by atoms with E-state index in [2.05, 4.69) is 5.32 Å². The average Bonchev–Trinajstić information content (AvgIpc) is 2.68. The van der Waals surface area contributed by atoms with E-state index >= 15 is 0 Å². The average molecular weight is 315 g/mol. The first-order valence-corrected chi connectivity index (χ1v) is 7.27. The largest absolute Gasteiger partial charge is 0.372 e. The van der Waals surface area contributed by atoms with Crippen molar-refractivity contribution in [2.75, 3.05) is 5.32 Å². The molecule has 1 heterocycles. The monoisotopic (exact) mass is 314 g/mol. The third kappa shape index (κ3) is 2.91. The zero-order valence-corrected chi connectivity index (χ0v) is 12.8. The minimum atomic E-state index is -0.576. The first-order chi connectivity index (χ1) is 9.43. The summed E-state index contributed by atoms with van der Waals surface area (Å²) in [6.07, 6.45) is 0.883. The summed E-state index contributed by atoms with van der Waals surface area (Å²) in [4.78, 5) is 25.6. The fourth-order valence-corrected chi connectivity index (χ4v) is 2.55. The van der Waals surface area contributed by atoms with E-state index in [1.807, 2.05) is 13.8 Å². The number of rotatable bonds is 4. The summed E-state index contributed by atoms with van der Waals surface area (Å²) in [5.41, 5.74) is 0.566. The molecule has 0 aromatic heterocycles. The SMILES string of the molecule is CCC(C)N1C(=O)CC(Nc2cc(Cl)ccc2Cl)C1=O. The van der Waals surface area contributed by atoms with Gasteiger partial charge >= 0.3 is 0 Å². The highest BCUT2D eigenvalue weighted by Gasteiger charge is 2.40. The molecule has 6 heteroatoms. The van der Waals surface area contributed by atoms with E-state index in [0.717, 1.165) is 6.42 Å². The van der Waals surface area contributed by atoms with Gasteiger partial charge in [-0.1, -0.05) is 30.1 Å². The lowest BCUT2D eigenvalue weighted by molar-refractivity contribution is -0.140. The number of benzene rings is 1. The number of nitrogens with one attached hydrogen (secondary N) is 1. The van der Waals surface area contributed by atoms with Gasteiger partial charge < -0.3 is 5.32 Å². The molecule has 4 nitrogen and oxygen atoms in total. The van der Waals surface area contributed by atoms with Gasteiger partial charge in [0.05, 0.1) is 17.1 Å². The topological polar surface area (TPSA) is 49.4 Å². The molecule has 1 N–H and O–H groups in total. The van der Waals surface area contributed by atoms with E-state index in [1.54, 1.807) is 18.2 Å². The molecule has 2 unspecified atom stereocenters. The third-order valence-corrected chi connectivity index (χ3v) is 4.04. The molecular formula is C14H16Cl2N2O2. The molecular weight excluding hydrogens is 299 g/mol. The summed E-state index contributed by atoms with van der Waals surface area (Å²) in [6, 6.07) is 4.31. The summed E-state index contributed by atoms with van der Waals surface area (Å²) in [7, 11) is 0. The van der Waals surface area contributed by atoms with Gasteiger partial charge in [0, 0.05) is 11.1 Å². The predicted octanol–water partition coefficient (Wildman–Crippen LogP) is 3.33. The van der Waals surface area contributed by atoms with Gasteiger partial charge in [-0.05, 0) is 31.5 Å². The molecule has 0 radical (unpaired) electrons. The molecule has 0 spiro atoms. The number of halogens is 2. The Kier molecular flexibility index (Phi) is 4.55. The van der Waals surface area contributed by atoms with E-state index in [-0.39, 0.29) is 24.3 Å². The van der Waals surface area contributed by atoms with Crippen LogP contribution < -0.4 is 5.32 Å². The van der Waals surface area contributed by atoms with Crippen LogP contribution in [0.4, 0.5) is 5.69 Å². The molecule has 1 aliphatic rings. The van der Waals surface area contributed by atoms with Crippen molar-refractivity contribution in [3.8, 4) is 0 Å². The number of carbonyl (C=O) groups excluding carboxylic acids is 2. The molecule has 0 aliphatic carbocycles. The van der Waals surface area contributed by atoms with Crippen molar-refractivity contribution < 1.29 is 9.59 Å². The zero-order chi connectivity index (χ0) is 14.9. The molecule has 2 amide bonds. The van der Waals surface area contributed by atoms with Gasteiger partial charge in [-0.15, -0.1) is 0 Å². The third-order valence-electron chi connectivity index (χ3n) is 3.47. The summed E-state index contributed by atoms with van der Waals surface area (Å²) < 4.78 is 0. The quantitative estimate of drug-likeness (QED) is 0.867. The van der Waals surface area contributed by atoms with Crippen molar-refractivity contribution in [3.05, 3.63) is 28.2 Å². The standard InChI is InChI=1S/C14H16Cl2N2O2/c1-3-8(2)18-13(19)7-12(14(18)20)17-11-6-9(15)4-5-10(11)16/h4-6,8,12,17H,3,7H2,1-2H3. The second kappa shape index (κ2) is 6.02. The smallest absolute Gasteiger partial charge is 0.252 e. The Morgan fingerprint density at radius 2 is 2.10 bits per heavy atom. The second-order valence-corrected chi connectivity index (χ2v) is 5.73. The first-order valence-electron chi connectivity index (χ1n) is 6.51. The van der Waals surface area contributed by atoms with E-state index < -0.39 is 6.04 Å². The Morgan fingerprint density at radius 3 is 2.75 bits per heavy atom. The summed E-state index contributed by atoms with van der Waals surface area (Å²) in [5, 5.41) is 4.00. The Balaban J connectivity index is 2.17. The lowest BCUT2D eigenvalue weighted by Crippen LogP contribution is -2.40. The van der Waals surface area contributed by atoms with Gasteiger partial charge in [-0.25, -0.2) is 0 Å². The molecule has 108 valence electrons. The normalized spacial score (nSPS) is 20.4. The Morgan fingerprint density at radius 1 is 1.40 bits per heavy atom. The van der Waals surface area contributed by atoms with Crippen molar-refractivity contribution in [2.24, 2.45) is 0 Å². The Labute approximate surface area is 128 Å². The van der Waals surface area contributed by atoms with Gasteiger partial charge in [-0.2, -0.15) is 0 Å². The molecule has 0 bridgehead atoms. The van der Waals surface area contributed by atoms with E-state index in [1.165, 1.54) is 4.90 Å². The van der Waals surface area contributed by atoms with Crippen LogP contribution in [0.25, 0.3) is 0 Å². The second-order valence-electron chi connectivity index (χ2n) is 4.88. The minimum absolute atomic E-state index is 0.0865. The van der Waals surface area contributed by atoms with Gasteiger partial charge in [0.15, 0.2) is 0 Å². The van der Waals surface area contributed by atoms with Crippen LogP contribution in [0.15, 0.2) is 18.2 Å². The van der Waals surface area contributed by atoms with Gasteiger partial charge in [0.2, 0.25) is 5.91 Å². The van der Waals surface area contributed by atoms with Crippen LogP contribution in [0.1, 0.15) is 26.7 Å². The number of amides is 2. The number of hydrogen-bond donors (Lipinski definition) is 1. The summed E-state index contributed by atoms with van der Waals surface area (Å²) >= 11 is 12.0. The molecule has 1 saturated heterocycles. The van der Waals surface area contributed by atoms with Crippen molar-refractivity contribution >= 4 is 40.7 Å². The number of likely N-dealkylation sites (tertiary alicyclic amines) is 1. The van der Waals surface area contributed by atoms with Crippen molar-refractivity contribution in [1.29, 1.82) is 0 Å². The highest BCUT2D eigenvalue weighted by molar-refractivity contribution is 6.35. The number of carbonyl (C=O) groups is 2. The minimum Gasteiger partial charge on any atom is -0.372 e. The molecule has 0 saturated carbocycles. The molecule has 2 atom stereocenters. The van der Waals surface area contributed by atoms with Crippen LogP contribution in [-0.4, -0.2) is 28.8 Å². The number of anilines is 1. The summed E-state index contributed by atoms with van der Waals surface area (Å²) in [5.74, 6) is -0.361. The molecule has 1 aromatic carbocycles. The van der Waals surface area contributed by atoms with Crippen LogP contribution in [0.5, 0.6) is 0 Å². The van der Waals surface area contributed by atoms with Crippen molar-refractivity contribution in [1.82, 2.24) is 4.90 Å². The van der Waals surface area contributed by atoms with E-state index in [9.17, 15) is 9.59 Å². The van der Waals surface area contributed by atoms with Crippen molar-refractivity contribution in [2.45, 2.75) is 38.8 Å². The van der Waals surface area contributed by atoms with Crippen LogP contribution in [-0.2, 0) is 9.59 Å². The van der Waals surface area contributed by atoms with Crippen molar-refractivity contribution in [3.63, 3.8) is 0 Å². The maximum absolute atomic E-state index is 12.3. The van der Waals surface area contributed by atoms with Crippen LogP contribution in [0, 0.1) is 0 Å². The highest BCUT2D eigenvalue weighted by atomic mass is 35.5. The lowest BCUT2D eigenvalue weighted by Gasteiger charge is -2.22. The zero-order valence-electron chi connectivity index (χ0n) is 11.3. The molecule has 1 aromatic rings. The van der Waals surface area contributed by atoms with E-state index in [0.29, 0.717) is 15.7 Å². The maximum Gasteiger partial charge on any atom is 0.252 e. The summed E-state index contributed by atoms with van der Waals surface area (Å²) in [6.45, 7) is 3.81. The number of nitrogens with zero attached hydrogens (tertiary/aromatic N) is 1. The number of imide groups is 1. The van der Waals surface area contributed by atoms with Crippen LogP contribution in [0.3, 0.4) is 0 Å². The van der Waals surface area contributed by atoms with Gasteiger partial charge in [0.25, 0.3) is 5.91 Å². The van der Waals surface area contributed by atoms with Crippen LogP contribution in [0.2, 0.25) is 10.0 Å². The molecule has 20 heavy (non-hydrogen) atoms. The highest BCUT2D eigenvalue weighted by Crippen LogP contribution is 2.28. The Hall–Kier alpha value is -1.26. The lowest BCUT2D eigenvalue weighted by atomic mass is 10.2.